The quantitative estimate of drug-likeness (QED) is 0.156. The maximum Gasteiger partial charge on any atom is 0.299 e. The molecule has 1 aliphatic rings. The van der Waals surface area contributed by atoms with Gasteiger partial charge in [0, 0.05) is 23.4 Å². The van der Waals surface area contributed by atoms with Gasteiger partial charge in [-0.15, -0.1) is 0 Å². The number of non-ortho nitro benzene ring substituents is 1. The number of halogens is 1. The van der Waals surface area contributed by atoms with Crippen LogP contribution < -0.4 is 4.90 Å². The van der Waals surface area contributed by atoms with Gasteiger partial charge in [-0.05, 0) is 80.6 Å². The lowest BCUT2D eigenvalue weighted by atomic mass is 10.0. The van der Waals surface area contributed by atoms with Crippen molar-refractivity contribution in [2.45, 2.75) is 57.3 Å². The number of aryl methyl sites for hydroxylation is 3. The zero-order valence-electron chi connectivity index (χ0n) is 21.8. The third kappa shape index (κ3) is 6.49. The molecular formula is C28H29FN2O7S. The molecule has 11 heteroatoms. The lowest BCUT2D eigenvalue weighted by molar-refractivity contribution is -0.384. The zero-order chi connectivity index (χ0) is 28.3. The fourth-order valence-electron chi connectivity index (χ4n) is 4.48. The number of ether oxygens (including phenoxy) is 1. The van der Waals surface area contributed by atoms with Gasteiger partial charge < -0.3 is 9.64 Å². The molecular weight excluding hydrogens is 527 g/mol. The van der Waals surface area contributed by atoms with E-state index in [2.05, 4.69) is 0 Å². The van der Waals surface area contributed by atoms with Crippen molar-refractivity contribution in [2.75, 3.05) is 11.4 Å². The van der Waals surface area contributed by atoms with Crippen LogP contribution in [-0.4, -0.2) is 38.2 Å². The predicted octanol–water partition coefficient (Wildman–Crippen LogP) is 5.47. The molecule has 0 bridgehead atoms. The third-order valence-corrected chi connectivity index (χ3v) is 7.89. The summed E-state index contributed by atoms with van der Waals surface area (Å²) in [6, 6.07) is 14.4. The Labute approximate surface area is 226 Å². The van der Waals surface area contributed by atoms with E-state index >= 15 is 0 Å². The van der Waals surface area contributed by atoms with Crippen LogP contribution in [0.4, 0.5) is 15.8 Å². The van der Waals surface area contributed by atoms with Gasteiger partial charge in [0.1, 0.15) is 5.82 Å². The number of amides is 1. The molecule has 4 rings (SSSR count). The summed E-state index contributed by atoms with van der Waals surface area (Å²) in [5.74, 6) is -0.891. The molecule has 0 spiro atoms. The van der Waals surface area contributed by atoms with E-state index in [1.165, 1.54) is 53.4 Å². The molecule has 206 valence electrons. The Balaban J connectivity index is 1.61. The summed E-state index contributed by atoms with van der Waals surface area (Å²) in [7, 11) is -4.11. The second-order valence-corrected chi connectivity index (χ2v) is 11.0. The standard InChI is InChI=1S/C28H29FN2O7S/c1-4-27(38-39(35,36)24-11-5-18(2)6-12-24)37-23-10-7-20-16-21(29)8-14-26(20)30(17-23)28(32)25-13-9-22(31(33)34)15-19(25)3/h5-6,8-9,11-16,23,27H,4,7,10,17H2,1-3H3. The highest BCUT2D eigenvalue weighted by Crippen LogP contribution is 2.31. The highest BCUT2D eigenvalue weighted by molar-refractivity contribution is 7.86. The van der Waals surface area contributed by atoms with Gasteiger partial charge in [0.25, 0.3) is 21.7 Å². The monoisotopic (exact) mass is 556 g/mol. The number of hydrogen-bond acceptors (Lipinski definition) is 7. The molecule has 3 aromatic rings. The minimum absolute atomic E-state index is 0.00403. The van der Waals surface area contributed by atoms with E-state index in [0.29, 0.717) is 29.7 Å². The van der Waals surface area contributed by atoms with Crippen LogP contribution >= 0.6 is 0 Å². The van der Waals surface area contributed by atoms with E-state index in [1.807, 2.05) is 6.92 Å². The van der Waals surface area contributed by atoms with Crippen LogP contribution in [0.15, 0.2) is 65.6 Å². The van der Waals surface area contributed by atoms with Crippen LogP contribution in [-0.2, 0) is 25.5 Å². The van der Waals surface area contributed by atoms with Crippen LogP contribution in [0.3, 0.4) is 0 Å². The summed E-state index contributed by atoms with van der Waals surface area (Å²) in [6.45, 7) is 5.21. The number of hydrogen-bond donors (Lipinski definition) is 0. The molecule has 0 N–H and O–H groups in total. The first-order valence-corrected chi connectivity index (χ1v) is 13.9. The fraction of sp³-hybridized carbons (Fsp3) is 0.321. The van der Waals surface area contributed by atoms with Crippen LogP contribution in [0.1, 0.15) is 46.8 Å². The molecule has 0 fully saturated rings. The van der Waals surface area contributed by atoms with Crippen molar-refractivity contribution in [3.05, 3.63) is 98.8 Å². The summed E-state index contributed by atoms with van der Waals surface area (Å²) < 4.78 is 51.3. The van der Waals surface area contributed by atoms with E-state index < -0.39 is 39.2 Å². The van der Waals surface area contributed by atoms with Crippen molar-refractivity contribution in [2.24, 2.45) is 0 Å². The van der Waals surface area contributed by atoms with E-state index in [1.54, 1.807) is 26.0 Å². The molecule has 39 heavy (non-hydrogen) atoms. The fourth-order valence-corrected chi connectivity index (χ4v) is 5.53. The molecule has 1 heterocycles. The lowest BCUT2D eigenvalue weighted by Gasteiger charge is -2.28. The highest BCUT2D eigenvalue weighted by Gasteiger charge is 2.31. The van der Waals surface area contributed by atoms with Gasteiger partial charge in [0.2, 0.25) is 0 Å². The van der Waals surface area contributed by atoms with Gasteiger partial charge in [-0.25, -0.2) is 8.57 Å². The number of carbonyl (C=O) groups excluding carboxylic acids is 1. The minimum Gasteiger partial charge on any atom is -0.346 e. The topological polar surface area (TPSA) is 116 Å². The van der Waals surface area contributed by atoms with Crippen LogP contribution in [0.5, 0.6) is 0 Å². The first kappa shape index (κ1) is 28.3. The highest BCUT2D eigenvalue weighted by atomic mass is 32.2. The molecule has 0 aromatic heterocycles. The van der Waals surface area contributed by atoms with Gasteiger partial charge in [-0.2, -0.15) is 8.42 Å². The van der Waals surface area contributed by atoms with Gasteiger partial charge >= 0.3 is 0 Å². The first-order chi connectivity index (χ1) is 18.5. The molecule has 0 radical (unpaired) electrons. The Morgan fingerprint density at radius 3 is 2.49 bits per heavy atom. The van der Waals surface area contributed by atoms with Crippen molar-refractivity contribution in [1.82, 2.24) is 0 Å². The maximum absolute atomic E-state index is 14.1. The third-order valence-electron chi connectivity index (χ3n) is 6.57. The maximum atomic E-state index is 14.1. The average Bonchev–Trinajstić information content (AvgIpc) is 3.07. The number of nitro benzene ring substituents is 1. The van der Waals surface area contributed by atoms with Crippen molar-refractivity contribution in [1.29, 1.82) is 0 Å². The number of benzene rings is 3. The Hall–Kier alpha value is -3.67. The number of nitro groups is 1. The summed E-state index contributed by atoms with van der Waals surface area (Å²) >= 11 is 0. The largest absolute Gasteiger partial charge is 0.346 e. The molecule has 1 amide bonds. The van der Waals surface area contributed by atoms with Gasteiger partial charge in [0.05, 0.1) is 22.5 Å². The number of rotatable bonds is 8. The summed E-state index contributed by atoms with van der Waals surface area (Å²) in [6.07, 6.45) is -0.775. The molecule has 1 aliphatic heterocycles. The SMILES string of the molecule is CCC(OC1CCc2cc(F)ccc2N(C(=O)c2ccc([N+](=O)[O-])cc2C)C1)OS(=O)(=O)c1ccc(C)cc1. The number of carbonyl (C=O) groups is 1. The van der Waals surface area contributed by atoms with Gasteiger partial charge in [-0.1, -0.05) is 24.6 Å². The molecule has 0 saturated heterocycles. The minimum atomic E-state index is -4.11. The second kappa shape index (κ2) is 11.6. The van der Waals surface area contributed by atoms with Gasteiger partial charge in [0.15, 0.2) is 6.29 Å². The molecule has 0 aliphatic carbocycles. The van der Waals surface area contributed by atoms with Crippen molar-refractivity contribution in [3.8, 4) is 0 Å². The van der Waals surface area contributed by atoms with Crippen molar-refractivity contribution < 1.29 is 31.4 Å². The van der Waals surface area contributed by atoms with Gasteiger partial charge in [-0.3, -0.25) is 14.9 Å². The Kier molecular flexibility index (Phi) is 8.43. The van der Waals surface area contributed by atoms with Crippen molar-refractivity contribution >= 4 is 27.4 Å². The average molecular weight is 557 g/mol. The van der Waals surface area contributed by atoms with E-state index in [4.69, 9.17) is 8.92 Å². The first-order valence-electron chi connectivity index (χ1n) is 12.5. The smallest absolute Gasteiger partial charge is 0.299 e. The summed E-state index contributed by atoms with van der Waals surface area (Å²) in [5, 5.41) is 11.2. The summed E-state index contributed by atoms with van der Waals surface area (Å²) in [4.78, 5) is 25.8. The van der Waals surface area contributed by atoms with E-state index in [-0.39, 0.29) is 29.1 Å². The zero-order valence-corrected chi connectivity index (χ0v) is 22.6. The van der Waals surface area contributed by atoms with E-state index in [0.717, 1.165) is 5.56 Å². The number of nitrogens with zero attached hydrogens (tertiary/aromatic N) is 2. The van der Waals surface area contributed by atoms with Crippen LogP contribution in [0.25, 0.3) is 0 Å². The predicted molar refractivity (Wildman–Crippen MR) is 143 cm³/mol. The van der Waals surface area contributed by atoms with E-state index in [9.17, 15) is 27.7 Å². The normalized spacial score (nSPS) is 16.3. The Morgan fingerprint density at radius 2 is 1.85 bits per heavy atom. The second-order valence-electron chi connectivity index (χ2n) is 9.44. The van der Waals surface area contributed by atoms with Crippen molar-refractivity contribution in [3.63, 3.8) is 0 Å². The molecule has 2 unspecified atom stereocenters. The Bertz CT molecular complexity index is 1490. The molecule has 0 saturated carbocycles. The summed E-state index contributed by atoms with van der Waals surface area (Å²) in [5.41, 5.74) is 2.52. The van der Waals surface area contributed by atoms with Crippen LogP contribution in [0.2, 0.25) is 0 Å². The number of fused-ring (bicyclic) bond motifs is 1. The number of anilines is 1. The molecule has 3 aromatic carbocycles. The lowest BCUT2D eigenvalue weighted by Crippen LogP contribution is -2.40. The molecule has 2 atom stereocenters. The Morgan fingerprint density at radius 1 is 1.13 bits per heavy atom. The molecule has 9 nitrogen and oxygen atoms in total. The van der Waals surface area contributed by atoms with Crippen LogP contribution in [0, 0.1) is 29.8 Å².